The Kier molecular flexibility index (Phi) is 9.12. The molecule has 1 atom stereocenters. The maximum Gasteiger partial charge on any atom is 0.0180 e. The van der Waals surface area contributed by atoms with Gasteiger partial charge in [0.1, 0.15) is 0 Å². The Bertz CT molecular complexity index is 319. The molecule has 1 rings (SSSR count). The molecular weight excluding hydrogens is 254 g/mol. The molecule has 0 aliphatic rings. The van der Waals surface area contributed by atoms with Crippen LogP contribution in [0.4, 0.5) is 0 Å². The first-order valence-corrected chi connectivity index (χ1v) is 7.49. The van der Waals surface area contributed by atoms with E-state index in [1.165, 1.54) is 24.8 Å². The molecule has 1 nitrogen and oxygen atoms in total. The Labute approximate surface area is 125 Å². The predicted octanol–water partition coefficient (Wildman–Crippen LogP) is 4.97. The molecule has 2 heteroatoms. The molecule has 0 bridgehead atoms. The SMILES string of the molecule is CCCCC(Cc1ccccc1)C(N)(CC)CC.Cl. The number of rotatable bonds is 8. The van der Waals surface area contributed by atoms with E-state index in [-0.39, 0.29) is 17.9 Å². The molecule has 110 valence electrons. The van der Waals surface area contributed by atoms with Crippen molar-refractivity contribution in [3.05, 3.63) is 35.9 Å². The zero-order chi connectivity index (χ0) is 13.4. The molecular formula is C17H30ClN. The van der Waals surface area contributed by atoms with Crippen LogP contribution in [0.5, 0.6) is 0 Å². The topological polar surface area (TPSA) is 26.0 Å². The van der Waals surface area contributed by atoms with E-state index in [4.69, 9.17) is 5.73 Å². The van der Waals surface area contributed by atoms with Crippen molar-refractivity contribution in [3.63, 3.8) is 0 Å². The quantitative estimate of drug-likeness (QED) is 0.716. The van der Waals surface area contributed by atoms with Gasteiger partial charge < -0.3 is 5.73 Å². The summed E-state index contributed by atoms with van der Waals surface area (Å²) >= 11 is 0. The van der Waals surface area contributed by atoms with Gasteiger partial charge in [-0.2, -0.15) is 0 Å². The van der Waals surface area contributed by atoms with Crippen molar-refractivity contribution in [2.45, 2.75) is 64.8 Å². The molecule has 19 heavy (non-hydrogen) atoms. The minimum Gasteiger partial charge on any atom is -0.325 e. The van der Waals surface area contributed by atoms with Crippen molar-refractivity contribution in [3.8, 4) is 0 Å². The molecule has 0 saturated carbocycles. The van der Waals surface area contributed by atoms with Gasteiger partial charge in [0.25, 0.3) is 0 Å². The van der Waals surface area contributed by atoms with Gasteiger partial charge in [0.2, 0.25) is 0 Å². The predicted molar refractivity (Wildman–Crippen MR) is 87.9 cm³/mol. The van der Waals surface area contributed by atoms with Gasteiger partial charge in [0, 0.05) is 5.54 Å². The van der Waals surface area contributed by atoms with Gasteiger partial charge >= 0.3 is 0 Å². The van der Waals surface area contributed by atoms with E-state index < -0.39 is 0 Å². The number of halogens is 1. The summed E-state index contributed by atoms with van der Waals surface area (Å²) in [6.45, 7) is 6.72. The Morgan fingerprint density at radius 3 is 2.11 bits per heavy atom. The average molecular weight is 284 g/mol. The second-order valence-electron chi connectivity index (χ2n) is 5.47. The highest BCUT2D eigenvalue weighted by Gasteiger charge is 2.30. The summed E-state index contributed by atoms with van der Waals surface area (Å²) in [7, 11) is 0. The van der Waals surface area contributed by atoms with Gasteiger partial charge in [-0.3, -0.25) is 0 Å². The van der Waals surface area contributed by atoms with E-state index in [1.807, 2.05) is 0 Å². The molecule has 0 aliphatic carbocycles. The largest absolute Gasteiger partial charge is 0.325 e. The number of benzene rings is 1. The molecule has 0 aliphatic heterocycles. The van der Waals surface area contributed by atoms with Crippen LogP contribution in [0.25, 0.3) is 0 Å². The lowest BCUT2D eigenvalue weighted by atomic mass is 9.74. The van der Waals surface area contributed by atoms with E-state index in [0.29, 0.717) is 5.92 Å². The van der Waals surface area contributed by atoms with Crippen LogP contribution in [0.15, 0.2) is 30.3 Å². The first-order valence-electron chi connectivity index (χ1n) is 7.49. The summed E-state index contributed by atoms with van der Waals surface area (Å²) in [5.41, 5.74) is 8.06. The Morgan fingerprint density at radius 1 is 1.05 bits per heavy atom. The molecule has 2 N–H and O–H groups in total. The van der Waals surface area contributed by atoms with Gasteiger partial charge in [-0.15, -0.1) is 12.4 Å². The Morgan fingerprint density at radius 2 is 1.63 bits per heavy atom. The molecule has 0 fully saturated rings. The summed E-state index contributed by atoms with van der Waals surface area (Å²) in [6, 6.07) is 10.8. The Hall–Kier alpha value is -0.530. The van der Waals surface area contributed by atoms with Crippen LogP contribution < -0.4 is 5.73 Å². The summed E-state index contributed by atoms with van der Waals surface area (Å²) in [5.74, 6) is 0.606. The highest BCUT2D eigenvalue weighted by molar-refractivity contribution is 5.85. The first kappa shape index (κ1) is 18.5. The zero-order valence-corrected chi connectivity index (χ0v) is 13.5. The van der Waals surface area contributed by atoms with Crippen LogP contribution >= 0.6 is 12.4 Å². The second kappa shape index (κ2) is 9.39. The van der Waals surface area contributed by atoms with Gasteiger partial charge in [-0.25, -0.2) is 0 Å². The van der Waals surface area contributed by atoms with Crippen LogP contribution in [0.2, 0.25) is 0 Å². The van der Waals surface area contributed by atoms with Crippen molar-refractivity contribution < 1.29 is 0 Å². The third-order valence-corrected chi connectivity index (χ3v) is 4.36. The molecule has 0 saturated heterocycles. The molecule has 0 amide bonds. The fourth-order valence-electron chi connectivity index (χ4n) is 2.77. The van der Waals surface area contributed by atoms with Crippen LogP contribution in [-0.2, 0) is 6.42 Å². The maximum atomic E-state index is 6.63. The van der Waals surface area contributed by atoms with Crippen molar-refractivity contribution >= 4 is 12.4 Å². The number of hydrogen-bond acceptors (Lipinski definition) is 1. The van der Waals surface area contributed by atoms with Gasteiger partial charge in [-0.1, -0.05) is 63.9 Å². The molecule has 0 spiro atoms. The smallest absolute Gasteiger partial charge is 0.0180 e. The summed E-state index contributed by atoms with van der Waals surface area (Å²) in [6.07, 6.45) is 7.07. The van der Waals surface area contributed by atoms with E-state index in [1.54, 1.807) is 0 Å². The molecule has 0 radical (unpaired) electrons. The van der Waals surface area contributed by atoms with Crippen LogP contribution in [0.3, 0.4) is 0 Å². The second-order valence-corrected chi connectivity index (χ2v) is 5.47. The normalized spacial score (nSPS) is 12.8. The number of unbranched alkanes of at least 4 members (excludes halogenated alkanes) is 1. The van der Waals surface area contributed by atoms with E-state index in [2.05, 4.69) is 51.1 Å². The van der Waals surface area contributed by atoms with Crippen molar-refractivity contribution in [1.82, 2.24) is 0 Å². The number of hydrogen-bond donors (Lipinski definition) is 1. The van der Waals surface area contributed by atoms with E-state index in [9.17, 15) is 0 Å². The van der Waals surface area contributed by atoms with Gasteiger partial charge in [-0.05, 0) is 37.2 Å². The maximum absolute atomic E-state index is 6.63. The van der Waals surface area contributed by atoms with Crippen molar-refractivity contribution in [2.24, 2.45) is 11.7 Å². The van der Waals surface area contributed by atoms with Gasteiger partial charge in [0.05, 0.1) is 0 Å². The standard InChI is InChI=1S/C17H29N.ClH/c1-4-7-13-16(17(18,5-2)6-3)14-15-11-9-8-10-12-15;/h8-12,16H,4-7,13-14,18H2,1-3H3;1H. The van der Waals surface area contributed by atoms with Crippen LogP contribution in [0.1, 0.15) is 58.4 Å². The average Bonchev–Trinajstić information content (AvgIpc) is 2.43. The monoisotopic (exact) mass is 283 g/mol. The number of nitrogens with two attached hydrogens (primary N) is 1. The van der Waals surface area contributed by atoms with E-state index >= 15 is 0 Å². The van der Waals surface area contributed by atoms with Crippen molar-refractivity contribution in [1.29, 1.82) is 0 Å². The lowest BCUT2D eigenvalue weighted by Crippen LogP contribution is -2.47. The summed E-state index contributed by atoms with van der Waals surface area (Å²) in [5, 5.41) is 0. The van der Waals surface area contributed by atoms with Gasteiger partial charge in [0.15, 0.2) is 0 Å². The molecule has 1 unspecified atom stereocenters. The summed E-state index contributed by atoms with van der Waals surface area (Å²) in [4.78, 5) is 0. The fraction of sp³-hybridized carbons (Fsp3) is 0.647. The minimum atomic E-state index is 0. The minimum absolute atomic E-state index is 0. The zero-order valence-electron chi connectivity index (χ0n) is 12.7. The van der Waals surface area contributed by atoms with Crippen LogP contribution in [0, 0.1) is 5.92 Å². The Balaban J connectivity index is 0.00000324. The van der Waals surface area contributed by atoms with E-state index in [0.717, 1.165) is 19.3 Å². The lowest BCUT2D eigenvalue weighted by molar-refractivity contribution is 0.231. The third-order valence-electron chi connectivity index (χ3n) is 4.36. The highest BCUT2D eigenvalue weighted by atomic mass is 35.5. The third kappa shape index (κ3) is 5.54. The molecule has 0 aromatic heterocycles. The molecule has 1 aromatic carbocycles. The summed E-state index contributed by atoms with van der Waals surface area (Å²) < 4.78 is 0. The first-order chi connectivity index (χ1) is 8.66. The van der Waals surface area contributed by atoms with Crippen LogP contribution in [-0.4, -0.2) is 5.54 Å². The highest BCUT2D eigenvalue weighted by Crippen LogP contribution is 2.30. The molecule has 1 aromatic rings. The fourth-order valence-corrected chi connectivity index (χ4v) is 2.77. The molecule has 0 heterocycles. The van der Waals surface area contributed by atoms with Crippen molar-refractivity contribution in [2.75, 3.05) is 0 Å². The lowest BCUT2D eigenvalue weighted by Gasteiger charge is -2.36.